The fourth-order valence-corrected chi connectivity index (χ4v) is 2.63. The molecule has 2 rings (SSSR count). The van der Waals surface area contributed by atoms with Crippen LogP contribution in [0.4, 0.5) is 4.39 Å². The first-order valence-electron chi connectivity index (χ1n) is 6.49. The fourth-order valence-electron chi connectivity index (χ4n) is 2.22. The van der Waals surface area contributed by atoms with E-state index in [1.54, 1.807) is 17.8 Å². The zero-order valence-electron chi connectivity index (χ0n) is 11.7. The third-order valence-corrected chi connectivity index (χ3v) is 4.19. The van der Waals surface area contributed by atoms with Crippen molar-refractivity contribution in [3.05, 3.63) is 65.0 Å². The van der Waals surface area contributed by atoms with Gasteiger partial charge in [0.05, 0.1) is 0 Å². The second kappa shape index (κ2) is 6.88. The molecule has 1 atom stereocenters. The number of hydrazine groups is 1. The van der Waals surface area contributed by atoms with Crippen molar-refractivity contribution >= 4 is 11.8 Å². The van der Waals surface area contributed by atoms with Crippen LogP contribution in [0.15, 0.2) is 47.4 Å². The number of aryl methyl sites for hydroxylation is 1. The van der Waals surface area contributed by atoms with E-state index in [4.69, 9.17) is 5.84 Å². The number of hydrogen-bond acceptors (Lipinski definition) is 3. The zero-order chi connectivity index (χ0) is 14.5. The number of nitrogens with two attached hydrogens (primary N) is 1. The summed E-state index contributed by atoms with van der Waals surface area (Å²) in [6.45, 7) is 1.92. The molecule has 20 heavy (non-hydrogen) atoms. The van der Waals surface area contributed by atoms with Crippen LogP contribution in [0.25, 0.3) is 0 Å². The molecule has 1 unspecified atom stereocenters. The van der Waals surface area contributed by atoms with E-state index < -0.39 is 0 Å². The predicted octanol–water partition coefficient (Wildman–Crippen LogP) is 3.60. The maximum Gasteiger partial charge on any atom is 0.123 e. The Kier molecular flexibility index (Phi) is 5.17. The summed E-state index contributed by atoms with van der Waals surface area (Å²) in [6, 6.07) is 13.2. The predicted molar refractivity (Wildman–Crippen MR) is 83.1 cm³/mol. The van der Waals surface area contributed by atoms with Crippen LogP contribution in [0, 0.1) is 12.7 Å². The fraction of sp³-hybridized carbons (Fsp3) is 0.250. The minimum absolute atomic E-state index is 0.0232. The molecule has 0 amide bonds. The van der Waals surface area contributed by atoms with Gasteiger partial charge in [-0.3, -0.25) is 11.3 Å². The first-order chi connectivity index (χ1) is 9.63. The normalized spacial score (nSPS) is 12.4. The van der Waals surface area contributed by atoms with Crippen molar-refractivity contribution in [1.82, 2.24) is 5.43 Å². The Labute approximate surface area is 123 Å². The summed E-state index contributed by atoms with van der Waals surface area (Å²) in [4.78, 5) is 1.22. The molecule has 0 fully saturated rings. The van der Waals surface area contributed by atoms with Crippen LogP contribution in [0.3, 0.4) is 0 Å². The Morgan fingerprint density at radius 3 is 2.45 bits per heavy atom. The van der Waals surface area contributed by atoms with E-state index in [9.17, 15) is 4.39 Å². The molecular formula is C16H19FN2S. The molecule has 2 aromatic rings. The van der Waals surface area contributed by atoms with Crippen molar-refractivity contribution in [2.24, 2.45) is 5.84 Å². The smallest absolute Gasteiger partial charge is 0.123 e. The van der Waals surface area contributed by atoms with Crippen LogP contribution in [-0.2, 0) is 6.42 Å². The molecule has 0 saturated heterocycles. The van der Waals surface area contributed by atoms with Crippen LogP contribution in [0.1, 0.15) is 22.7 Å². The zero-order valence-corrected chi connectivity index (χ0v) is 12.5. The highest BCUT2D eigenvalue weighted by Crippen LogP contribution is 2.23. The summed E-state index contributed by atoms with van der Waals surface area (Å²) in [5, 5.41) is 0. The lowest BCUT2D eigenvalue weighted by Gasteiger charge is -2.18. The van der Waals surface area contributed by atoms with Crippen molar-refractivity contribution < 1.29 is 4.39 Å². The Balaban J connectivity index is 2.19. The Bertz CT molecular complexity index is 569. The number of hydrogen-bond donors (Lipinski definition) is 2. The highest BCUT2D eigenvalue weighted by atomic mass is 32.2. The largest absolute Gasteiger partial charge is 0.271 e. The number of thioether (sulfide) groups is 1. The lowest BCUT2D eigenvalue weighted by Crippen LogP contribution is -2.29. The third kappa shape index (κ3) is 3.60. The SMILES string of the molecule is CSc1ccc(C(Cc2ccc(F)cc2C)NN)cc1. The first kappa shape index (κ1) is 15.0. The molecule has 0 bridgehead atoms. The van der Waals surface area contributed by atoms with Crippen LogP contribution in [0.2, 0.25) is 0 Å². The van der Waals surface area contributed by atoms with Crippen molar-refractivity contribution in [3.63, 3.8) is 0 Å². The van der Waals surface area contributed by atoms with E-state index in [0.29, 0.717) is 0 Å². The van der Waals surface area contributed by atoms with Crippen molar-refractivity contribution in [2.45, 2.75) is 24.3 Å². The molecule has 0 aromatic heterocycles. The average molecular weight is 290 g/mol. The maximum absolute atomic E-state index is 13.1. The Hall–Kier alpha value is -1.36. The van der Waals surface area contributed by atoms with E-state index in [0.717, 1.165) is 23.1 Å². The lowest BCUT2D eigenvalue weighted by atomic mass is 9.96. The van der Waals surface area contributed by atoms with Crippen molar-refractivity contribution in [1.29, 1.82) is 0 Å². The topological polar surface area (TPSA) is 38.0 Å². The van der Waals surface area contributed by atoms with Gasteiger partial charge in [0.25, 0.3) is 0 Å². The van der Waals surface area contributed by atoms with Gasteiger partial charge in [0.15, 0.2) is 0 Å². The Morgan fingerprint density at radius 1 is 1.20 bits per heavy atom. The summed E-state index contributed by atoms with van der Waals surface area (Å²) in [5.41, 5.74) is 6.03. The molecule has 0 aliphatic rings. The molecule has 0 spiro atoms. The molecule has 0 aliphatic heterocycles. The minimum atomic E-state index is -0.201. The number of halogens is 1. The van der Waals surface area contributed by atoms with Gasteiger partial charge in [-0.1, -0.05) is 18.2 Å². The van der Waals surface area contributed by atoms with Crippen molar-refractivity contribution in [3.8, 4) is 0 Å². The van der Waals surface area contributed by atoms with Gasteiger partial charge < -0.3 is 0 Å². The molecule has 2 aromatic carbocycles. The second-order valence-electron chi connectivity index (χ2n) is 4.77. The van der Waals surface area contributed by atoms with Crippen LogP contribution in [-0.4, -0.2) is 6.26 Å². The first-order valence-corrected chi connectivity index (χ1v) is 7.71. The molecule has 0 saturated carbocycles. The van der Waals surface area contributed by atoms with E-state index in [1.807, 2.05) is 13.0 Å². The van der Waals surface area contributed by atoms with E-state index in [1.165, 1.54) is 11.0 Å². The molecular weight excluding hydrogens is 271 g/mol. The van der Waals surface area contributed by atoms with Crippen LogP contribution >= 0.6 is 11.8 Å². The van der Waals surface area contributed by atoms with Crippen LogP contribution < -0.4 is 11.3 Å². The lowest BCUT2D eigenvalue weighted by molar-refractivity contribution is 0.549. The van der Waals surface area contributed by atoms with Crippen LogP contribution in [0.5, 0.6) is 0 Å². The highest BCUT2D eigenvalue weighted by Gasteiger charge is 2.12. The summed E-state index contributed by atoms with van der Waals surface area (Å²) in [7, 11) is 0. The molecule has 4 heteroatoms. The van der Waals surface area contributed by atoms with Gasteiger partial charge in [0, 0.05) is 10.9 Å². The van der Waals surface area contributed by atoms with Gasteiger partial charge in [-0.25, -0.2) is 4.39 Å². The van der Waals surface area contributed by atoms with E-state index in [-0.39, 0.29) is 11.9 Å². The van der Waals surface area contributed by atoms with Gasteiger partial charge in [-0.2, -0.15) is 0 Å². The second-order valence-corrected chi connectivity index (χ2v) is 5.65. The summed E-state index contributed by atoms with van der Waals surface area (Å²) in [6.07, 6.45) is 2.79. The van der Waals surface area contributed by atoms with Gasteiger partial charge >= 0.3 is 0 Å². The molecule has 0 heterocycles. The standard InChI is InChI=1S/C16H19FN2S/c1-11-9-14(17)6-3-13(11)10-16(19-18)12-4-7-15(20-2)8-5-12/h3-9,16,19H,10,18H2,1-2H3. The summed E-state index contributed by atoms with van der Waals surface area (Å²) in [5.74, 6) is 5.47. The average Bonchev–Trinajstić information content (AvgIpc) is 2.47. The van der Waals surface area contributed by atoms with E-state index >= 15 is 0 Å². The van der Waals surface area contributed by atoms with E-state index in [2.05, 4.69) is 35.9 Å². The minimum Gasteiger partial charge on any atom is -0.271 e. The Morgan fingerprint density at radius 2 is 1.90 bits per heavy atom. The molecule has 2 nitrogen and oxygen atoms in total. The summed E-state index contributed by atoms with van der Waals surface area (Å²) >= 11 is 1.71. The molecule has 106 valence electrons. The molecule has 0 radical (unpaired) electrons. The molecule has 3 N–H and O–H groups in total. The highest BCUT2D eigenvalue weighted by molar-refractivity contribution is 7.98. The number of rotatable bonds is 5. The van der Waals surface area contributed by atoms with Gasteiger partial charge in [0.2, 0.25) is 0 Å². The number of benzene rings is 2. The van der Waals surface area contributed by atoms with Gasteiger partial charge in [0.1, 0.15) is 5.82 Å². The summed E-state index contributed by atoms with van der Waals surface area (Å²) < 4.78 is 13.1. The monoisotopic (exact) mass is 290 g/mol. The third-order valence-electron chi connectivity index (χ3n) is 3.45. The molecule has 0 aliphatic carbocycles. The number of nitrogens with one attached hydrogen (secondary N) is 1. The van der Waals surface area contributed by atoms with Gasteiger partial charge in [-0.15, -0.1) is 11.8 Å². The quantitative estimate of drug-likeness (QED) is 0.502. The maximum atomic E-state index is 13.1. The van der Waals surface area contributed by atoms with Crippen molar-refractivity contribution in [2.75, 3.05) is 6.26 Å². The van der Waals surface area contributed by atoms with Gasteiger partial charge in [-0.05, 0) is 60.6 Å².